The SMILES string of the molecule is Clc1ccc(C2=C(CN3CCOCC3)N3C=C(C4CC4)C=CC3N2)cc1. The molecule has 2 fully saturated rings. The fraction of sp³-hybridized carbons (Fsp3) is 0.429. The molecule has 5 rings (SSSR count). The summed E-state index contributed by atoms with van der Waals surface area (Å²) in [5.41, 5.74) is 5.24. The number of nitrogens with zero attached hydrogens (tertiary/aromatic N) is 2. The van der Waals surface area contributed by atoms with Crippen molar-refractivity contribution >= 4 is 17.3 Å². The number of morpholine rings is 1. The van der Waals surface area contributed by atoms with Crippen molar-refractivity contribution in [2.24, 2.45) is 5.92 Å². The molecule has 0 spiro atoms. The Hall–Kier alpha value is -1.75. The zero-order chi connectivity index (χ0) is 17.5. The van der Waals surface area contributed by atoms with Gasteiger partial charge >= 0.3 is 0 Å². The Labute approximate surface area is 159 Å². The summed E-state index contributed by atoms with van der Waals surface area (Å²) in [5.74, 6) is 0.761. The number of nitrogens with one attached hydrogen (secondary N) is 1. The van der Waals surface area contributed by atoms with Crippen LogP contribution in [0.25, 0.3) is 5.70 Å². The van der Waals surface area contributed by atoms with Gasteiger partial charge in [-0.25, -0.2) is 0 Å². The van der Waals surface area contributed by atoms with E-state index in [1.165, 1.54) is 35.4 Å². The van der Waals surface area contributed by atoms with E-state index in [2.05, 4.69) is 45.6 Å². The van der Waals surface area contributed by atoms with E-state index in [1.807, 2.05) is 12.1 Å². The first-order chi connectivity index (χ1) is 12.8. The first kappa shape index (κ1) is 16.4. The van der Waals surface area contributed by atoms with Gasteiger partial charge < -0.3 is 15.0 Å². The van der Waals surface area contributed by atoms with Crippen molar-refractivity contribution < 1.29 is 4.74 Å². The predicted molar refractivity (Wildman–Crippen MR) is 104 cm³/mol. The Balaban J connectivity index is 1.50. The summed E-state index contributed by atoms with van der Waals surface area (Å²) in [6, 6.07) is 8.16. The Kier molecular flexibility index (Phi) is 4.27. The van der Waals surface area contributed by atoms with E-state index < -0.39 is 0 Å². The highest BCUT2D eigenvalue weighted by Crippen LogP contribution is 2.41. The Morgan fingerprint density at radius 3 is 2.62 bits per heavy atom. The third-order valence-corrected chi connectivity index (χ3v) is 5.86. The first-order valence-corrected chi connectivity index (χ1v) is 9.90. The van der Waals surface area contributed by atoms with Crippen LogP contribution in [0.5, 0.6) is 0 Å². The van der Waals surface area contributed by atoms with Crippen molar-refractivity contribution in [3.63, 3.8) is 0 Å². The maximum absolute atomic E-state index is 6.10. The van der Waals surface area contributed by atoms with Gasteiger partial charge in [0.2, 0.25) is 0 Å². The van der Waals surface area contributed by atoms with Crippen LogP contribution in [-0.4, -0.2) is 48.8 Å². The summed E-state index contributed by atoms with van der Waals surface area (Å²) in [5, 5.41) is 4.50. The highest BCUT2D eigenvalue weighted by molar-refractivity contribution is 6.30. The number of allylic oxidation sites excluding steroid dienone is 2. The lowest BCUT2D eigenvalue weighted by atomic mass is 10.1. The van der Waals surface area contributed by atoms with Crippen LogP contribution in [0.2, 0.25) is 5.02 Å². The van der Waals surface area contributed by atoms with Crippen LogP contribution in [0.4, 0.5) is 0 Å². The maximum Gasteiger partial charge on any atom is 0.123 e. The number of rotatable bonds is 4. The summed E-state index contributed by atoms with van der Waals surface area (Å²) in [6.45, 7) is 4.57. The minimum atomic E-state index is 0.208. The van der Waals surface area contributed by atoms with Gasteiger partial charge in [-0.1, -0.05) is 29.8 Å². The molecular weight excluding hydrogens is 346 g/mol. The molecule has 1 aromatic carbocycles. The molecule has 4 nitrogen and oxygen atoms in total. The average Bonchev–Trinajstić information content (AvgIpc) is 3.47. The Bertz CT molecular complexity index is 773. The molecule has 0 aromatic heterocycles. The molecule has 1 N–H and O–H groups in total. The van der Waals surface area contributed by atoms with Gasteiger partial charge in [-0.2, -0.15) is 0 Å². The van der Waals surface area contributed by atoms with Crippen molar-refractivity contribution in [1.29, 1.82) is 0 Å². The lowest BCUT2D eigenvalue weighted by Crippen LogP contribution is -2.40. The Morgan fingerprint density at radius 2 is 1.88 bits per heavy atom. The average molecular weight is 370 g/mol. The van der Waals surface area contributed by atoms with Gasteiger partial charge in [-0.3, -0.25) is 4.90 Å². The van der Waals surface area contributed by atoms with Crippen molar-refractivity contribution in [3.8, 4) is 0 Å². The highest BCUT2D eigenvalue weighted by Gasteiger charge is 2.35. The smallest absolute Gasteiger partial charge is 0.123 e. The number of fused-ring (bicyclic) bond motifs is 1. The molecule has 0 bridgehead atoms. The van der Waals surface area contributed by atoms with Crippen molar-refractivity contribution in [3.05, 3.63) is 64.5 Å². The topological polar surface area (TPSA) is 27.7 Å². The molecule has 1 aliphatic carbocycles. The Morgan fingerprint density at radius 1 is 1.12 bits per heavy atom. The fourth-order valence-corrected chi connectivity index (χ4v) is 4.09. The van der Waals surface area contributed by atoms with Gasteiger partial charge in [-0.05, 0) is 48.1 Å². The van der Waals surface area contributed by atoms with Crippen LogP contribution in [0.15, 0.2) is 53.9 Å². The van der Waals surface area contributed by atoms with E-state index in [4.69, 9.17) is 16.3 Å². The van der Waals surface area contributed by atoms with Crippen LogP contribution in [0.1, 0.15) is 18.4 Å². The van der Waals surface area contributed by atoms with Crippen LogP contribution in [0.3, 0.4) is 0 Å². The number of benzene rings is 1. The monoisotopic (exact) mass is 369 g/mol. The molecule has 1 unspecified atom stereocenters. The molecule has 1 saturated heterocycles. The molecule has 1 saturated carbocycles. The molecule has 5 heteroatoms. The van der Waals surface area contributed by atoms with Crippen LogP contribution >= 0.6 is 11.6 Å². The maximum atomic E-state index is 6.10. The van der Waals surface area contributed by atoms with E-state index >= 15 is 0 Å². The molecule has 3 heterocycles. The van der Waals surface area contributed by atoms with Crippen LogP contribution < -0.4 is 5.32 Å². The minimum Gasteiger partial charge on any atom is -0.379 e. The molecular formula is C21H24ClN3O. The van der Waals surface area contributed by atoms with E-state index in [0.29, 0.717) is 0 Å². The molecule has 4 aliphatic rings. The third-order valence-electron chi connectivity index (χ3n) is 5.61. The quantitative estimate of drug-likeness (QED) is 0.880. The van der Waals surface area contributed by atoms with Gasteiger partial charge in [0.25, 0.3) is 0 Å². The van der Waals surface area contributed by atoms with Crippen LogP contribution in [-0.2, 0) is 4.74 Å². The van der Waals surface area contributed by atoms with Gasteiger partial charge in [-0.15, -0.1) is 0 Å². The zero-order valence-corrected chi connectivity index (χ0v) is 15.6. The summed E-state index contributed by atoms with van der Waals surface area (Å²) < 4.78 is 5.53. The molecule has 0 amide bonds. The zero-order valence-electron chi connectivity index (χ0n) is 14.8. The van der Waals surface area contributed by atoms with Crippen molar-refractivity contribution in [2.45, 2.75) is 19.0 Å². The van der Waals surface area contributed by atoms with E-state index in [1.54, 1.807) is 0 Å². The summed E-state index contributed by atoms with van der Waals surface area (Å²) in [4.78, 5) is 4.93. The first-order valence-electron chi connectivity index (χ1n) is 9.52. The number of ether oxygens (including phenoxy) is 1. The number of halogens is 1. The standard InChI is InChI=1S/C21H24ClN3O/c22-18-6-3-16(4-7-18)21-19(14-24-9-11-26-12-10-24)25-13-17(15-1-2-15)5-8-20(25)23-21/h3-8,13,15,20,23H,1-2,9-12,14H2. The number of hydrogen-bond donors (Lipinski definition) is 1. The lowest BCUT2D eigenvalue weighted by Gasteiger charge is -2.32. The lowest BCUT2D eigenvalue weighted by molar-refractivity contribution is 0.0401. The summed E-state index contributed by atoms with van der Waals surface area (Å²) >= 11 is 6.10. The largest absolute Gasteiger partial charge is 0.379 e. The second-order valence-electron chi connectivity index (χ2n) is 7.48. The predicted octanol–water partition coefficient (Wildman–Crippen LogP) is 3.44. The third kappa shape index (κ3) is 3.18. The minimum absolute atomic E-state index is 0.208. The summed E-state index contributed by atoms with van der Waals surface area (Å²) in [7, 11) is 0. The molecule has 1 atom stereocenters. The van der Waals surface area contributed by atoms with Crippen LogP contribution in [0, 0.1) is 5.92 Å². The van der Waals surface area contributed by atoms with E-state index in [9.17, 15) is 0 Å². The van der Waals surface area contributed by atoms with Gasteiger partial charge in [0, 0.05) is 30.9 Å². The summed E-state index contributed by atoms with van der Waals surface area (Å²) in [6.07, 6.45) is 9.84. The van der Waals surface area contributed by atoms with E-state index in [0.717, 1.165) is 43.8 Å². The number of hydrogen-bond acceptors (Lipinski definition) is 4. The molecule has 26 heavy (non-hydrogen) atoms. The van der Waals surface area contributed by atoms with Gasteiger partial charge in [0.15, 0.2) is 0 Å². The molecule has 1 aromatic rings. The van der Waals surface area contributed by atoms with Crippen molar-refractivity contribution in [1.82, 2.24) is 15.1 Å². The van der Waals surface area contributed by atoms with E-state index in [-0.39, 0.29) is 6.17 Å². The fourth-order valence-electron chi connectivity index (χ4n) is 3.96. The molecule has 0 radical (unpaired) electrons. The highest BCUT2D eigenvalue weighted by atomic mass is 35.5. The van der Waals surface area contributed by atoms with Gasteiger partial charge in [0.05, 0.1) is 24.6 Å². The molecule has 136 valence electrons. The second-order valence-corrected chi connectivity index (χ2v) is 7.91. The molecule has 3 aliphatic heterocycles. The normalized spacial score (nSPS) is 26.0. The van der Waals surface area contributed by atoms with Crippen molar-refractivity contribution in [2.75, 3.05) is 32.8 Å². The second kappa shape index (κ2) is 6.76. The van der Waals surface area contributed by atoms with Gasteiger partial charge in [0.1, 0.15) is 6.17 Å².